The third-order valence-corrected chi connectivity index (χ3v) is 3.34. The molecular weight excluding hydrogens is 238 g/mol. The number of carbonyl (C=O) groups is 2. The maximum absolute atomic E-state index is 11.7. The quantitative estimate of drug-likeness (QED) is 0.772. The minimum absolute atomic E-state index is 0.00424. The highest BCUT2D eigenvalue weighted by Crippen LogP contribution is 2.22. The van der Waals surface area contributed by atoms with E-state index in [1.54, 1.807) is 4.90 Å². The van der Waals surface area contributed by atoms with Crippen molar-refractivity contribution in [2.24, 2.45) is 5.92 Å². The fourth-order valence-corrected chi connectivity index (χ4v) is 2.14. The summed E-state index contributed by atoms with van der Waals surface area (Å²) in [5.74, 6) is -0.334. The van der Waals surface area contributed by atoms with Crippen LogP contribution >= 0.6 is 11.6 Å². The molecule has 0 aliphatic carbocycles. The molecule has 1 unspecified atom stereocenters. The molecule has 3 nitrogen and oxygen atoms in total. The fourth-order valence-electron chi connectivity index (χ4n) is 1.99. The van der Waals surface area contributed by atoms with E-state index < -0.39 is 5.24 Å². The van der Waals surface area contributed by atoms with Gasteiger partial charge in [-0.2, -0.15) is 0 Å². The minimum Gasteiger partial charge on any atom is -0.338 e. The average molecular weight is 252 g/mol. The first-order valence-corrected chi connectivity index (χ1v) is 5.96. The van der Waals surface area contributed by atoms with Crippen molar-refractivity contribution in [1.82, 2.24) is 4.90 Å². The number of likely N-dealkylation sites (tertiary alicyclic amines) is 1. The summed E-state index contributed by atoms with van der Waals surface area (Å²) < 4.78 is 0. The van der Waals surface area contributed by atoms with Crippen LogP contribution in [0.5, 0.6) is 0 Å². The number of halogens is 1. The zero-order valence-corrected chi connectivity index (χ0v) is 10.4. The SMILES string of the molecule is Cc1ccc(CN2CC(C(=O)Cl)CC2=O)cc1. The van der Waals surface area contributed by atoms with Gasteiger partial charge in [0.25, 0.3) is 0 Å². The van der Waals surface area contributed by atoms with Gasteiger partial charge >= 0.3 is 0 Å². The van der Waals surface area contributed by atoms with E-state index in [1.807, 2.05) is 31.2 Å². The zero-order valence-electron chi connectivity index (χ0n) is 9.65. The van der Waals surface area contributed by atoms with Crippen LogP contribution in [0.2, 0.25) is 0 Å². The summed E-state index contributed by atoms with van der Waals surface area (Å²) in [4.78, 5) is 24.4. The van der Waals surface area contributed by atoms with Crippen molar-refractivity contribution >= 4 is 22.8 Å². The summed E-state index contributed by atoms with van der Waals surface area (Å²) >= 11 is 5.42. The Morgan fingerprint density at radius 3 is 2.59 bits per heavy atom. The topological polar surface area (TPSA) is 37.4 Å². The molecular formula is C13H14ClNO2. The molecule has 1 fully saturated rings. The lowest BCUT2D eigenvalue weighted by Gasteiger charge is -2.16. The molecule has 1 atom stereocenters. The summed E-state index contributed by atoms with van der Waals surface area (Å²) in [7, 11) is 0. The number of benzene rings is 1. The molecule has 1 aromatic carbocycles. The number of hydrogen-bond donors (Lipinski definition) is 0. The van der Waals surface area contributed by atoms with Crippen molar-refractivity contribution in [3.8, 4) is 0 Å². The fraction of sp³-hybridized carbons (Fsp3) is 0.385. The van der Waals surface area contributed by atoms with Crippen molar-refractivity contribution in [2.45, 2.75) is 19.9 Å². The molecule has 1 aromatic rings. The van der Waals surface area contributed by atoms with E-state index in [0.717, 1.165) is 5.56 Å². The first kappa shape index (κ1) is 12.1. The first-order chi connectivity index (χ1) is 8.06. The Labute approximate surface area is 105 Å². The molecule has 0 spiro atoms. The molecule has 90 valence electrons. The predicted octanol–water partition coefficient (Wildman–Crippen LogP) is 2.11. The van der Waals surface area contributed by atoms with Gasteiger partial charge in [0.15, 0.2) is 0 Å². The largest absolute Gasteiger partial charge is 0.338 e. The molecule has 2 rings (SSSR count). The number of amides is 1. The van der Waals surface area contributed by atoms with E-state index in [9.17, 15) is 9.59 Å². The van der Waals surface area contributed by atoms with Crippen LogP contribution in [-0.2, 0) is 16.1 Å². The van der Waals surface area contributed by atoms with Gasteiger partial charge in [-0.25, -0.2) is 0 Å². The molecule has 17 heavy (non-hydrogen) atoms. The van der Waals surface area contributed by atoms with Crippen LogP contribution in [0.4, 0.5) is 0 Å². The molecule has 0 bridgehead atoms. The van der Waals surface area contributed by atoms with Crippen molar-refractivity contribution in [2.75, 3.05) is 6.54 Å². The smallest absolute Gasteiger partial charge is 0.227 e. The summed E-state index contributed by atoms with van der Waals surface area (Å²) in [5, 5.41) is -0.412. The van der Waals surface area contributed by atoms with E-state index in [4.69, 9.17) is 11.6 Å². The number of nitrogens with zero attached hydrogens (tertiary/aromatic N) is 1. The number of carbonyl (C=O) groups excluding carboxylic acids is 2. The van der Waals surface area contributed by atoms with Crippen molar-refractivity contribution < 1.29 is 9.59 Å². The zero-order chi connectivity index (χ0) is 12.4. The molecule has 1 amide bonds. The van der Waals surface area contributed by atoms with E-state index in [0.29, 0.717) is 13.1 Å². The first-order valence-electron chi connectivity index (χ1n) is 5.59. The monoisotopic (exact) mass is 251 g/mol. The van der Waals surface area contributed by atoms with Gasteiger partial charge in [-0.3, -0.25) is 9.59 Å². The maximum atomic E-state index is 11.7. The molecule has 0 radical (unpaired) electrons. The van der Waals surface area contributed by atoms with E-state index >= 15 is 0 Å². The molecule has 4 heteroatoms. The van der Waals surface area contributed by atoms with Gasteiger partial charge in [-0.05, 0) is 24.1 Å². The lowest BCUT2D eigenvalue weighted by molar-refractivity contribution is -0.128. The van der Waals surface area contributed by atoms with E-state index in [2.05, 4.69) is 0 Å². The Kier molecular flexibility index (Phi) is 3.48. The second kappa shape index (κ2) is 4.88. The Balaban J connectivity index is 2.02. The van der Waals surface area contributed by atoms with Crippen LogP contribution in [0.25, 0.3) is 0 Å². The molecule has 0 saturated carbocycles. The Morgan fingerprint density at radius 1 is 1.41 bits per heavy atom. The Morgan fingerprint density at radius 2 is 2.06 bits per heavy atom. The lowest BCUT2D eigenvalue weighted by Crippen LogP contribution is -2.25. The maximum Gasteiger partial charge on any atom is 0.227 e. The third-order valence-electron chi connectivity index (χ3n) is 3.03. The molecule has 1 saturated heterocycles. The van der Waals surface area contributed by atoms with Gasteiger partial charge in [0, 0.05) is 19.5 Å². The van der Waals surface area contributed by atoms with Crippen LogP contribution in [0.1, 0.15) is 17.5 Å². The molecule has 0 aromatic heterocycles. The third kappa shape index (κ3) is 2.86. The van der Waals surface area contributed by atoms with Crippen molar-refractivity contribution in [3.63, 3.8) is 0 Å². The highest BCUT2D eigenvalue weighted by Gasteiger charge is 2.33. The van der Waals surface area contributed by atoms with Crippen molar-refractivity contribution in [3.05, 3.63) is 35.4 Å². The predicted molar refractivity (Wildman–Crippen MR) is 65.6 cm³/mol. The summed E-state index contributed by atoms with van der Waals surface area (Å²) in [6.45, 7) is 3.02. The molecule has 0 N–H and O–H groups in total. The normalized spacial score (nSPS) is 19.8. The van der Waals surface area contributed by atoms with Crippen LogP contribution in [0.3, 0.4) is 0 Å². The summed E-state index contributed by atoms with van der Waals surface area (Å²) in [5.41, 5.74) is 2.27. The number of rotatable bonds is 3. The van der Waals surface area contributed by atoms with Crippen LogP contribution in [-0.4, -0.2) is 22.6 Å². The molecule has 1 aliphatic rings. The Hall–Kier alpha value is -1.35. The Bertz CT molecular complexity index is 441. The van der Waals surface area contributed by atoms with E-state index in [1.165, 1.54) is 5.56 Å². The summed E-state index contributed by atoms with van der Waals surface area (Å²) in [6, 6.07) is 8.02. The van der Waals surface area contributed by atoms with Crippen LogP contribution < -0.4 is 0 Å². The van der Waals surface area contributed by atoms with E-state index in [-0.39, 0.29) is 18.2 Å². The van der Waals surface area contributed by atoms with Gasteiger partial charge in [-0.15, -0.1) is 0 Å². The lowest BCUT2D eigenvalue weighted by atomic mass is 10.1. The van der Waals surface area contributed by atoms with Crippen LogP contribution in [0, 0.1) is 12.8 Å². The van der Waals surface area contributed by atoms with Crippen molar-refractivity contribution in [1.29, 1.82) is 0 Å². The molecule has 1 aliphatic heterocycles. The summed E-state index contributed by atoms with van der Waals surface area (Å²) in [6.07, 6.45) is 0.244. The van der Waals surface area contributed by atoms with Gasteiger partial charge in [0.05, 0.1) is 5.92 Å². The standard InChI is InChI=1S/C13H14ClNO2/c1-9-2-4-10(5-3-9)7-15-8-11(13(14)17)6-12(15)16/h2-5,11H,6-8H2,1H3. The second-order valence-corrected chi connectivity index (χ2v) is 4.84. The minimum atomic E-state index is -0.412. The van der Waals surface area contributed by atoms with Gasteiger partial charge < -0.3 is 4.90 Å². The second-order valence-electron chi connectivity index (χ2n) is 4.47. The van der Waals surface area contributed by atoms with Gasteiger partial charge in [-0.1, -0.05) is 29.8 Å². The average Bonchev–Trinajstić information content (AvgIpc) is 2.64. The van der Waals surface area contributed by atoms with Crippen LogP contribution in [0.15, 0.2) is 24.3 Å². The number of aryl methyl sites for hydroxylation is 1. The van der Waals surface area contributed by atoms with Gasteiger partial charge in [0.1, 0.15) is 0 Å². The highest BCUT2D eigenvalue weighted by molar-refractivity contribution is 6.64. The highest BCUT2D eigenvalue weighted by atomic mass is 35.5. The van der Waals surface area contributed by atoms with Gasteiger partial charge in [0.2, 0.25) is 11.1 Å². The number of hydrogen-bond acceptors (Lipinski definition) is 2. The molecule has 1 heterocycles.